The summed E-state index contributed by atoms with van der Waals surface area (Å²) in [6, 6.07) is 0. The van der Waals surface area contributed by atoms with Gasteiger partial charge in [0, 0.05) is 0 Å². The van der Waals surface area contributed by atoms with E-state index in [2.05, 4.69) is 8.92 Å². The van der Waals surface area contributed by atoms with Crippen LogP contribution < -0.4 is 0 Å². The van der Waals surface area contributed by atoms with Gasteiger partial charge in [-0.1, -0.05) is 0 Å². The first-order valence-electron chi connectivity index (χ1n) is 7.61. The lowest BCUT2D eigenvalue weighted by molar-refractivity contribution is -0.336. The Morgan fingerprint density at radius 3 is 0.974 bits per heavy atom. The standard InChI is InChI=1S/C5H3F9O.C3H2F6O3S.C3H2F6O/c6-3(7,8)1-15-2(4(9,10)11)5(12,13)14;4-2(5,6)1-12-13(10,11)3(7,8)9;4-2(5,6)1(10)3(7,8)9/h2H,1H2;1H2;1,10H. The molecule has 0 fully saturated rings. The quantitative estimate of drug-likeness (QED) is 0.232. The first-order chi connectivity index (χ1) is 16.0. The van der Waals surface area contributed by atoms with Gasteiger partial charge in [0.2, 0.25) is 12.2 Å². The lowest BCUT2D eigenvalue weighted by Gasteiger charge is -2.23. The number of aliphatic hydroxyl groups is 1. The molecule has 5 nitrogen and oxygen atoms in total. The van der Waals surface area contributed by atoms with E-state index in [-0.39, 0.29) is 0 Å². The minimum absolute atomic E-state index is 2.49. The smallest absolute Gasteiger partial charge is 0.377 e. The van der Waals surface area contributed by atoms with E-state index in [4.69, 9.17) is 5.11 Å². The maximum atomic E-state index is 11.6. The number of alkyl halides is 21. The molecule has 0 atom stereocenters. The van der Waals surface area contributed by atoms with Crippen LogP contribution in [0.5, 0.6) is 0 Å². The van der Waals surface area contributed by atoms with E-state index >= 15 is 0 Å². The molecule has 27 heteroatoms. The van der Waals surface area contributed by atoms with Gasteiger partial charge < -0.3 is 9.84 Å². The van der Waals surface area contributed by atoms with Crippen LogP contribution in [-0.2, 0) is 19.0 Å². The molecule has 0 radical (unpaired) electrons. The molecule has 0 bridgehead atoms. The van der Waals surface area contributed by atoms with Crippen LogP contribution in [0, 0.1) is 0 Å². The number of hydrogen-bond donors (Lipinski definition) is 1. The Kier molecular flexibility index (Phi) is 14.1. The van der Waals surface area contributed by atoms with Crippen molar-refractivity contribution in [1.29, 1.82) is 0 Å². The van der Waals surface area contributed by atoms with Gasteiger partial charge >= 0.3 is 52.7 Å². The van der Waals surface area contributed by atoms with Crippen LogP contribution in [0.2, 0.25) is 0 Å². The Labute approximate surface area is 194 Å². The molecular formula is C11H7F21O5S. The lowest BCUT2D eigenvalue weighted by atomic mass is 10.3. The van der Waals surface area contributed by atoms with Crippen LogP contribution >= 0.6 is 0 Å². The third-order valence-electron chi connectivity index (χ3n) is 2.29. The minimum atomic E-state index is -6.15. The van der Waals surface area contributed by atoms with Crippen LogP contribution in [0.15, 0.2) is 0 Å². The highest BCUT2D eigenvalue weighted by Crippen LogP contribution is 2.36. The van der Waals surface area contributed by atoms with Crippen molar-refractivity contribution in [2.24, 2.45) is 0 Å². The Bertz CT molecular complexity index is 750. The highest BCUT2D eigenvalue weighted by Gasteiger charge is 2.59. The molecule has 0 saturated heterocycles. The van der Waals surface area contributed by atoms with Gasteiger partial charge in [0.25, 0.3) is 0 Å². The zero-order valence-corrected chi connectivity index (χ0v) is 17.3. The molecule has 38 heavy (non-hydrogen) atoms. The Balaban J connectivity index is -0.000000494. The van der Waals surface area contributed by atoms with E-state index in [0.29, 0.717) is 0 Å². The van der Waals surface area contributed by atoms with Crippen molar-refractivity contribution in [3.63, 3.8) is 0 Å². The van der Waals surface area contributed by atoms with Crippen molar-refractivity contribution in [3.8, 4) is 0 Å². The third kappa shape index (κ3) is 19.4. The van der Waals surface area contributed by atoms with Crippen LogP contribution in [0.4, 0.5) is 92.2 Å². The summed E-state index contributed by atoms with van der Waals surface area (Å²) in [6.45, 7) is -5.11. The summed E-state index contributed by atoms with van der Waals surface area (Å²) in [5.41, 5.74) is -5.84. The fourth-order valence-corrected chi connectivity index (χ4v) is 1.37. The fraction of sp³-hybridized carbons (Fsp3) is 1.00. The minimum Gasteiger partial charge on any atom is -0.377 e. The lowest BCUT2D eigenvalue weighted by Crippen LogP contribution is -2.45. The second-order valence-corrected chi connectivity index (χ2v) is 7.26. The molecule has 0 heterocycles. The number of rotatable bonds is 4. The molecule has 0 rings (SSSR count). The van der Waals surface area contributed by atoms with Gasteiger partial charge in [-0.05, 0) is 0 Å². The highest BCUT2D eigenvalue weighted by molar-refractivity contribution is 7.87. The van der Waals surface area contributed by atoms with E-state index in [9.17, 15) is 101 Å². The zero-order chi connectivity index (χ0) is 32.0. The Morgan fingerprint density at radius 1 is 0.526 bits per heavy atom. The van der Waals surface area contributed by atoms with Crippen molar-refractivity contribution in [2.75, 3.05) is 13.2 Å². The van der Waals surface area contributed by atoms with Gasteiger partial charge in [-0.3, -0.25) is 4.18 Å². The van der Waals surface area contributed by atoms with Crippen molar-refractivity contribution >= 4 is 10.1 Å². The molecule has 0 aromatic heterocycles. The Morgan fingerprint density at radius 2 is 0.816 bits per heavy atom. The maximum absolute atomic E-state index is 11.6. The molecule has 0 aliphatic rings. The van der Waals surface area contributed by atoms with Crippen molar-refractivity contribution in [2.45, 2.75) is 54.8 Å². The van der Waals surface area contributed by atoms with Crippen molar-refractivity contribution in [1.82, 2.24) is 0 Å². The van der Waals surface area contributed by atoms with E-state index in [1.165, 1.54) is 0 Å². The van der Waals surface area contributed by atoms with Crippen LogP contribution in [-0.4, -0.2) is 81.5 Å². The van der Waals surface area contributed by atoms with Crippen LogP contribution in [0.3, 0.4) is 0 Å². The molecule has 234 valence electrons. The summed E-state index contributed by atoms with van der Waals surface area (Å²) in [4.78, 5) is 0. The predicted octanol–water partition coefficient (Wildman–Crippen LogP) is 5.95. The monoisotopic (exact) mass is 650 g/mol. The molecule has 0 aliphatic heterocycles. The summed E-state index contributed by atoms with van der Waals surface area (Å²) < 4.78 is 262. The molecule has 0 amide bonds. The highest BCUT2D eigenvalue weighted by atomic mass is 32.2. The topological polar surface area (TPSA) is 72.8 Å². The van der Waals surface area contributed by atoms with E-state index in [1.54, 1.807) is 0 Å². The summed E-state index contributed by atoms with van der Waals surface area (Å²) >= 11 is 0. The number of ether oxygens (including phenoxy) is 1. The largest absolute Gasteiger partial charge is 0.523 e. The summed E-state index contributed by atoms with van der Waals surface area (Å²) in [7, 11) is -6.15. The third-order valence-corrected chi connectivity index (χ3v) is 3.28. The predicted molar refractivity (Wildman–Crippen MR) is 73.0 cm³/mol. The number of aliphatic hydroxyl groups excluding tert-OH is 1. The van der Waals surface area contributed by atoms with Crippen molar-refractivity contribution < 1.29 is 115 Å². The first kappa shape index (κ1) is 40.9. The number of hydrogen-bond acceptors (Lipinski definition) is 5. The second-order valence-electron chi connectivity index (χ2n) is 5.65. The summed E-state index contributed by atoms with van der Waals surface area (Å²) in [6.07, 6.45) is -42.2. The van der Waals surface area contributed by atoms with Crippen LogP contribution in [0.25, 0.3) is 0 Å². The van der Waals surface area contributed by atoms with Crippen LogP contribution in [0.1, 0.15) is 0 Å². The summed E-state index contributed by atoms with van der Waals surface area (Å²) in [5.74, 6) is 0. The fourth-order valence-electron chi connectivity index (χ4n) is 0.949. The first-order valence-corrected chi connectivity index (χ1v) is 9.01. The molecule has 1 N–H and O–H groups in total. The van der Waals surface area contributed by atoms with Gasteiger partial charge in [0.1, 0.15) is 6.61 Å². The summed E-state index contributed by atoms with van der Waals surface area (Å²) in [5, 5.41) is 7.47. The average Bonchev–Trinajstić information content (AvgIpc) is 2.54. The molecule has 0 aromatic rings. The van der Waals surface area contributed by atoms with Gasteiger partial charge in [-0.2, -0.15) is 101 Å². The number of halogens is 21. The molecule has 0 unspecified atom stereocenters. The van der Waals surface area contributed by atoms with Gasteiger partial charge in [0.15, 0.2) is 6.61 Å². The molecule has 0 saturated carbocycles. The van der Waals surface area contributed by atoms with E-state index < -0.39 is 78.1 Å². The van der Waals surface area contributed by atoms with Crippen molar-refractivity contribution in [3.05, 3.63) is 0 Å². The zero-order valence-electron chi connectivity index (χ0n) is 16.5. The van der Waals surface area contributed by atoms with E-state index in [0.717, 1.165) is 0 Å². The SMILES string of the molecule is FC(F)(F)COC(C(F)(F)F)C(F)(F)F.O=S(=O)(OCC(F)(F)F)C(F)(F)F.OC(C(F)(F)F)C(F)(F)F. The molecule has 0 aliphatic carbocycles. The second kappa shape index (κ2) is 13.1. The Hall–Kier alpha value is -1.64. The molecule has 0 spiro atoms. The van der Waals surface area contributed by atoms with E-state index in [1.807, 2.05) is 0 Å². The maximum Gasteiger partial charge on any atom is 0.523 e. The normalized spacial score (nSPS) is 14.6. The average molecular weight is 650 g/mol. The van der Waals surface area contributed by atoms with Gasteiger partial charge in [-0.25, -0.2) is 0 Å². The molecular weight excluding hydrogens is 643 g/mol. The van der Waals surface area contributed by atoms with Gasteiger partial charge in [0.05, 0.1) is 0 Å². The molecule has 0 aromatic carbocycles. The van der Waals surface area contributed by atoms with Gasteiger partial charge in [-0.15, -0.1) is 0 Å².